The number of carbonyl (C=O) groups is 1. The molecule has 1 fully saturated rings. The molecule has 0 saturated heterocycles. The van der Waals surface area contributed by atoms with Crippen molar-refractivity contribution in [1.29, 1.82) is 0 Å². The molecule has 1 aliphatic carbocycles. The summed E-state index contributed by atoms with van der Waals surface area (Å²) < 4.78 is 0. The van der Waals surface area contributed by atoms with Gasteiger partial charge in [-0.25, -0.2) is 0 Å². The minimum absolute atomic E-state index is 0.0316. The Hall–Kier alpha value is -1.42. The van der Waals surface area contributed by atoms with E-state index in [1.54, 1.807) is 0 Å². The van der Waals surface area contributed by atoms with Gasteiger partial charge in [0.05, 0.1) is 16.4 Å². The lowest BCUT2D eigenvalue weighted by atomic mass is 9.62. The van der Waals surface area contributed by atoms with Crippen LogP contribution in [0.25, 0.3) is 0 Å². The topological polar surface area (TPSA) is 55.1 Å². The van der Waals surface area contributed by atoms with Gasteiger partial charge in [-0.05, 0) is 31.2 Å². The number of thiocarbonyl (C=S) groups is 1. The van der Waals surface area contributed by atoms with E-state index < -0.39 is 5.41 Å². The Morgan fingerprint density at radius 2 is 2.00 bits per heavy atom. The summed E-state index contributed by atoms with van der Waals surface area (Å²) in [6.07, 6.45) is 1.52. The van der Waals surface area contributed by atoms with Crippen LogP contribution >= 0.6 is 12.2 Å². The Labute approximate surface area is 119 Å². The molecule has 0 spiro atoms. The molecule has 2 rings (SSSR count). The van der Waals surface area contributed by atoms with Gasteiger partial charge in [0.25, 0.3) is 0 Å². The number of nitrogens with one attached hydrogen (secondary N) is 1. The minimum Gasteiger partial charge on any atom is -0.392 e. The third kappa shape index (κ3) is 2.63. The molecule has 3 N–H and O–H groups in total. The predicted molar refractivity (Wildman–Crippen MR) is 80.6 cm³/mol. The van der Waals surface area contributed by atoms with Gasteiger partial charge >= 0.3 is 0 Å². The van der Waals surface area contributed by atoms with Crippen molar-refractivity contribution in [2.75, 3.05) is 0 Å². The summed E-state index contributed by atoms with van der Waals surface area (Å²) in [6.45, 7) is 4.09. The molecular weight excluding hydrogens is 256 g/mol. The third-order valence-corrected chi connectivity index (χ3v) is 4.34. The van der Waals surface area contributed by atoms with Gasteiger partial charge in [0.1, 0.15) is 0 Å². The number of amides is 1. The first kappa shape index (κ1) is 14.0. The summed E-state index contributed by atoms with van der Waals surface area (Å²) in [6, 6.07) is 9.86. The van der Waals surface area contributed by atoms with Crippen LogP contribution in [-0.4, -0.2) is 10.9 Å². The van der Waals surface area contributed by atoms with E-state index in [1.165, 1.54) is 0 Å². The van der Waals surface area contributed by atoms with Crippen molar-refractivity contribution in [1.82, 2.24) is 5.32 Å². The number of carbonyl (C=O) groups excluding carboxylic acids is 1. The lowest BCUT2D eigenvalue weighted by molar-refractivity contribution is -0.133. The van der Waals surface area contributed by atoms with Gasteiger partial charge in [0.2, 0.25) is 5.91 Å². The fourth-order valence-electron chi connectivity index (χ4n) is 2.79. The van der Waals surface area contributed by atoms with Crippen LogP contribution in [0.1, 0.15) is 38.3 Å². The zero-order valence-corrected chi connectivity index (χ0v) is 12.2. The Bertz CT molecular complexity index is 480. The summed E-state index contributed by atoms with van der Waals surface area (Å²) >= 11 is 5.10. The molecule has 0 aromatic heterocycles. The van der Waals surface area contributed by atoms with Gasteiger partial charge in [-0.1, -0.05) is 49.5 Å². The molecule has 1 amide bonds. The predicted octanol–water partition coefficient (Wildman–Crippen LogP) is 2.57. The highest BCUT2D eigenvalue weighted by molar-refractivity contribution is 7.80. The average Bonchev–Trinajstić information content (AvgIpc) is 2.35. The van der Waals surface area contributed by atoms with Gasteiger partial charge in [-0.15, -0.1) is 0 Å². The monoisotopic (exact) mass is 276 g/mol. The second-order valence-electron chi connectivity index (χ2n) is 5.57. The van der Waals surface area contributed by atoms with E-state index in [0.717, 1.165) is 18.4 Å². The molecular formula is C15H20N2OS. The lowest BCUT2D eigenvalue weighted by Gasteiger charge is -2.44. The number of hydrogen-bond donors (Lipinski definition) is 2. The lowest BCUT2D eigenvalue weighted by Crippen LogP contribution is -2.56. The van der Waals surface area contributed by atoms with Crippen LogP contribution in [0, 0.1) is 11.3 Å². The van der Waals surface area contributed by atoms with Crippen molar-refractivity contribution in [3.05, 3.63) is 35.9 Å². The summed E-state index contributed by atoms with van der Waals surface area (Å²) in [5.41, 5.74) is 6.24. The van der Waals surface area contributed by atoms with E-state index in [9.17, 15) is 4.79 Å². The Balaban J connectivity index is 2.07. The number of benzene rings is 1. The van der Waals surface area contributed by atoms with Crippen molar-refractivity contribution >= 4 is 23.1 Å². The van der Waals surface area contributed by atoms with E-state index in [-0.39, 0.29) is 11.9 Å². The summed E-state index contributed by atoms with van der Waals surface area (Å²) in [5.74, 6) is 0.480. The van der Waals surface area contributed by atoms with E-state index in [4.69, 9.17) is 18.0 Å². The average molecular weight is 276 g/mol. The smallest absolute Gasteiger partial charge is 0.233 e. The highest BCUT2D eigenvalue weighted by atomic mass is 32.1. The molecule has 1 aromatic carbocycles. The Morgan fingerprint density at radius 1 is 1.42 bits per heavy atom. The molecule has 4 heteroatoms. The van der Waals surface area contributed by atoms with Crippen LogP contribution in [0.2, 0.25) is 0 Å². The highest BCUT2D eigenvalue weighted by Crippen LogP contribution is 2.46. The second kappa shape index (κ2) is 5.29. The van der Waals surface area contributed by atoms with Crippen molar-refractivity contribution < 1.29 is 4.79 Å². The van der Waals surface area contributed by atoms with Gasteiger partial charge in [-0.2, -0.15) is 0 Å². The third-order valence-electron chi connectivity index (χ3n) is 3.95. The Morgan fingerprint density at radius 3 is 2.47 bits per heavy atom. The first-order chi connectivity index (χ1) is 8.95. The summed E-state index contributed by atoms with van der Waals surface area (Å²) in [7, 11) is 0. The zero-order valence-electron chi connectivity index (χ0n) is 11.3. The van der Waals surface area contributed by atoms with Crippen molar-refractivity contribution in [2.24, 2.45) is 17.1 Å². The Kier molecular flexibility index (Phi) is 3.90. The molecule has 1 aliphatic rings. The molecule has 0 heterocycles. The molecule has 19 heavy (non-hydrogen) atoms. The van der Waals surface area contributed by atoms with Crippen molar-refractivity contribution in [2.45, 2.75) is 32.7 Å². The molecule has 0 aliphatic heterocycles. The maximum Gasteiger partial charge on any atom is 0.233 e. The van der Waals surface area contributed by atoms with E-state index >= 15 is 0 Å². The van der Waals surface area contributed by atoms with Crippen LogP contribution in [-0.2, 0) is 4.79 Å². The maximum atomic E-state index is 12.4. The molecule has 102 valence electrons. The number of hydrogen-bond acceptors (Lipinski definition) is 2. The van der Waals surface area contributed by atoms with Crippen molar-refractivity contribution in [3.63, 3.8) is 0 Å². The largest absolute Gasteiger partial charge is 0.392 e. The van der Waals surface area contributed by atoms with Gasteiger partial charge in [-0.3, -0.25) is 4.79 Å². The quantitative estimate of drug-likeness (QED) is 0.831. The highest BCUT2D eigenvalue weighted by Gasteiger charge is 2.51. The normalized spacial score (nSPS) is 27.2. The molecule has 1 saturated carbocycles. The van der Waals surface area contributed by atoms with Crippen LogP contribution in [0.15, 0.2) is 30.3 Å². The molecule has 1 aromatic rings. The van der Waals surface area contributed by atoms with Crippen LogP contribution in [0.5, 0.6) is 0 Å². The fraction of sp³-hybridized carbons (Fsp3) is 0.467. The van der Waals surface area contributed by atoms with E-state index in [2.05, 4.69) is 12.2 Å². The van der Waals surface area contributed by atoms with Crippen molar-refractivity contribution in [3.8, 4) is 0 Å². The second-order valence-corrected chi connectivity index (χ2v) is 6.01. The van der Waals surface area contributed by atoms with Crippen LogP contribution in [0.4, 0.5) is 0 Å². The summed E-state index contributed by atoms with van der Waals surface area (Å²) in [5, 5.41) is 3.03. The first-order valence-electron chi connectivity index (χ1n) is 6.61. The fourth-order valence-corrected chi connectivity index (χ4v) is 3.05. The first-order valence-corrected chi connectivity index (χ1v) is 7.02. The molecule has 1 atom stereocenters. The summed E-state index contributed by atoms with van der Waals surface area (Å²) in [4.78, 5) is 12.8. The van der Waals surface area contributed by atoms with Crippen LogP contribution < -0.4 is 11.1 Å². The van der Waals surface area contributed by atoms with Gasteiger partial charge in [0.15, 0.2) is 0 Å². The minimum atomic E-state index is -0.627. The van der Waals surface area contributed by atoms with Gasteiger partial charge in [0, 0.05) is 0 Å². The molecule has 3 nitrogen and oxygen atoms in total. The molecule has 0 bridgehead atoms. The van der Waals surface area contributed by atoms with Gasteiger partial charge < -0.3 is 11.1 Å². The number of nitrogens with two attached hydrogens (primary N) is 1. The molecule has 1 unspecified atom stereocenters. The SMILES string of the molecule is CC1CC(C(=O)NC(C)c2ccccc2)(C(N)=S)C1. The van der Waals surface area contributed by atoms with E-state index in [0.29, 0.717) is 10.9 Å². The number of rotatable bonds is 4. The van der Waals surface area contributed by atoms with Crippen LogP contribution in [0.3, 0.4) is 0 Å². The zero-order chi connectivity index (χ0) is 14.0. The standard InChI is InChI=1S/C15H20N2OS/c1-10-8-15(9-10,13(16)19)14(18)17-11(2)12-6-4-3-5-7-12/h3-7,10-11H,8-9H2,1-2H3,(H2,16,19)(H,17,18). The molecule has 0 radical (unpaired) electrons. The maximum absolute atomic E-state index is 12.4. The van der Waals surface area contributed by atoms with E-state index in [1.807, 2.05) is 37.3 Å².